The number of hydrogen-bond donors (Lipinski definition) is 2. The highest BCUT2D eigenvalue weighted by molar-refractivity contribution is 5.86. The van der Waals surface area contributed by atoms with E-state index >= 15 is 0 Å². The second kappa shape index (κ2) is 7.88. The molecule has 0 aliphatic heterocycles. The van der Waals surface area contributed by atoms with Crippen LogP contribution in [0.25, 0.3) is 0 Å². The second-order valence-electron chi connectivity index (χ2n) is 6.88. The predicted octanol–water partition coefficient (Wildman–Crippen LogP) is 3.34. The molecule has 0 heterocycles. The van der Waals surface area contributed by atoms with Gasteiger partial charge in [-0.2, -0.15) is 0 Å². The molecule has 0 spiro atoms. The fraction of sp³-hybridized carbons (Fsp3) is 0.938. The molecule has 19 heavy (non-hydrogen) atoms. The van der Waals surface area contributed by atoms with Crippen molar-refractivity contribution in [3.63, 3.8) is 0 Å². The summed E-state index contributed by atoms with van der Waals surface area (Å²) in [6, 6.07) is 0. The van der Waals surface area contributed by atoms with E-state index in [-0.39, 0.29) is 17.2 Å². The third kappa shape index (κ3) is 5.94. The minimum absolute atomic E-state index is 0.122. The molecular formula is C16H34N2O. The minimum Gasteiger partial charge on any atom is -0.355 e. The molecule has 0 aromatic heterocycles. The van der Waals surface area contributed by atoms with Crippen LogP contribution < -0.4 is 10.6 Å². The molecule has 3 heteroatoms. The number of amides is 1. The Bertz CT molecular complexity index is 274. The van der Waals surface area contributed by atoms with Crippen molar-refractivity contribution >= 4 is 5.91 Å². The van der Waals surface area contributed by atoms with Crippen molar-refractivity contribution in [3.05, 3.63) is 0 Å². The summed E-state index contributed by atoms with van der Waals surface area (Å²) in [5.41, 5.74) is -0.254. The molecule has 0 aromatic rings. The molecule has 2 N–H and O–H groups in total. The van der Waals surface area contributed by atoms with Gasteiger partial charge in [-0.25, -0.2) is 0 Å². The standard InChI is InChI=1S/C16H34N2O/c1-8-10-15(5,6)12-18-16(7,13(3)4)14(19)17-11-9-2/h13,18H,8-12H2,1-7H3,(H,17,19). The maximum atomic E-state index is 12.4. The lowest BCUT2D eigenvalue weighted by Gasteiger charge is -2.37. The Morgan fingerprint density at radius 1 is 1.11 bits per heavy atom. The van der Waals surface area contributed by atoms with Gasteiger partial charge < -0.3 is 10.6 Å². The van der Waals surface area contributed by atoms with Crippen LogP contribution in [-0.2, 0) is 4.79 Å². The van der Waals surface area contributed by atoms with E-state index in [1.54, 1.807) is 0 Å². The van der Waals surface area contributed by atoms with E-state index in [4.69, 9.17) is 0 Å². The van der Waals surface area contributed by atoms with Crippen molar-refractivity contribution in [2.24, 2.45) is 11.3 Å². The van der Waals surface area contributed by atoms with Crippen molar-refractivity contribution < 1.29 is 4.79 Å². The molecule has 0 radical (unpaired) electrons. The molecule has 0 bridgehead atoms. The van der Waals surface area contributed by atoms with Crippen LogP contribution in [0.15, 0.2) is 0 Å². The first kappa shape index (κ1) is 18.4. The van der Waals surface area contributed by atoms with Crippen molar-refractivity contribution in [1.29, 1.82) is 0 Å². The molecule has 114 valence electrons. The van der Waals surface area contributed by atoms with E-state index in [2.05, 4.69) is 52.2 Å². The Morgan fingerprint density at radius 3 is 2.11 bits per heavy atom. The van der Waals surface area contributed by atoms with Gasteiger partial charge in [0.2, 0.25) is 5.91 Å². The summed E-state index contributed by atoms with van der Waals surface area (Å²) in [5, 5.41) is 6.54. The van der Waals surface area contributed by atoms with E-state index in [0.717, 1.165) is 19.5 Å². The Labute approximate surface area is 119 Å². The van der Waals surface area contributed by atoms with E-state index in [1.807, 2.05) is 6.92 Å². The summed E-state index contributed by atoms with van der Waals surface area (Å²) in [6.07, 6.45) is 3.32. The van der Waals surface area contributed by atoms with Crippen LogP contribution in [0.1, 0.15) is 67.7 Å². The lowest BCUT2D eigenvalue weighted by atomic mass is 9.83. The van der Waals surface area contributed by atoms with E-state index in [0.29, 0.717) is 0 Å². The molecule has 1 unspecified atom stereocenters. The second-order valence-corrected chi connectivity index (χ2v) is 6.88. The molecule has 1 amide bonds. The molecule has 0 saturated heterocycles. The highest BCUT2D eigenvalue weighted by atomic mass is 16.2. The first-order valence-corrected chi connectivity index (χ1v) is 7.73. The zero-order chi connectivity index (χ0) is 15.1. The van der Waals surface area contributed by atoms with Crippen molar-refractivity contribution in [3.8, 4) is 0 Å². The van der Waals surface area contributed by atoms with Gasteiger partial charge in [-0.3, -0.25) is 4.79 Å². The van der Waals surface area contributed by atoms with Gasteiger partial charge in [-0.1, -0.05) is 48.0 Å². The maximum absolute atomic E-state index is 12.4. The summed E-state index contributed by atoms with van der Waals surface area (Å²) in [6.45, 7) is 16.6. The van der Waals surface area contributed by atoms with Crippen molar-refractivity contribution in [2.75, 3.05) is 13.1 Å². The van der Waals surface area contributed by atoms with Gasteiger partial charge in [0, 0.05) is 13.1 Å². The SMILES string of the molecule is CCCNC(=O)C(C)(NCC(C)(C)CCC)C(C)C. The fourth-order valence-electron chi connectivity index (χ4n) is 2.16. The summed E-state index contributed by atoms with van der Waals surface area (Å²) in [5.74, 6) is 0.387. The van der Waals surface area contributed by atoms with Gasteiger partial charge >= 0.3 is 0 Å². The third-order valence-electron chi connectivity index (χ3n) is 4.02. The van der Waals surface area contributed by atoms with Crippen molar-refractivity contribution in [2.45, 2.75) is 73.3 Å². The summed E-state index contributed by atoms with van der Waals surface area (Å²) in [7, 11) is 0. The van der Waals surface area contributed by atoms with Crippen LogP contribution >= 0.6 is 0 Å². The summed E-state index contributed by atoms with van der Waals surface area (Å²) < 4.78 is 0. The summed E-state index contributed by atoms with van der Waals surface area (Å²) >= 11 is 0. The average Bonchev–Trinajstić information content (AvgIpc) is 2.32. The monoisotopic (exact) mass is 270 g/mol. The Kier molecular flexibility index (Phi) is 7.65. The molecule has 0 aliphatic rings. The van der Waals surface area contributed by atoms with Crippen molar-refractivity contribution in [1.82, 2.24) is 10.6 Å². The van der Waals surface area contributed by atoms with Gasteiger partial charge in [-0.05, 0) is 31.1 Å². The van der Waals surface area contributed by atoms with Crippen LogP contribution in [0.4, 0.5) is 0 Å². The van der Waals surface area contributed by atoms with E-state index in [1.165, 1.54) is 12.8 Å². The molecule has 0 fully saturated rings. The Morgan fingerprint density at radius 2 is 1.68 bits per heavy atom. The number of nitrogens with one attached hydrogen (secondary N) is 2. The highest BCUT2D eigenvalue weighted by Crippen LogP contribution is 2.24. The van der Waals surface area contributed by atoms with Crippen LogP contribution in [0.2, 0.25) is 0 Å². The Hall–Kier alpha value is -0.570. The zero-order valence-electron chi connectivity index (χ0n) is 14.0. The molecule has 0 rings (SSSR count). The lowest BCUT2D eigenvalue weighted by Crippen LogP contribution is -2.60. The van der Waals surface area contributed by atoms with Crippen LogP contribution in [-0.4, -0.2) is 24.5 Å². The predicted molar refractivity (Wildman–Crippen MR) is 83.2 cm³/mol. The highest BCUT2D eigenvalue weighted by Gasteiger charge is 2.37. The normalized spacial score (nSPS) is 15.4. The maximum Gasteiger partial charge on any atom is 0.240 e. The van der Waals surface area contributed by atoms with Gasteiger partial charge in [0.15, 0.2) is 0 Å². The van der Waals surface area contributed by atoms with Crippen LogP contribution in [0.5, 0.6) is 0 Å². The number of carbonyl (C=O) groups is 1. The molecule has 0 aromatic carbocycles. The minimum atomic E-state index is -0.486. The molecule has 0 saturated carbocycles. The molecular weight excluding hydrogens is 236 g/mol. The molecule has 3 nitrogen and oxygen atoms in total. The van der Waals surface area contributed by atoms with Gasteiger partial charge in [0.25, 0.3) is 0 Å². The smallest absolute Gasteiger partial charge is 0.240 e. The first-order valence-electron chi connectivity index (χ1n) is 7.73. The van der Waals surface area contributed by atoms with Gasteiger partial charge in [0.1, 0.15) is 0 Å². The molecule has 1 atom stereocenters. The first-order chi connectivity index (χ1) is 8.69. The molecule has 0 aliphatic carbocycles. The topological polar surface area (TPSA) is 41.1 Å². The fourth-order valence-corrected chi connectivity index (χ4v) is 2.16. The average molecular weight is 270 g/mol. The largest absolute Gasteiger partial charge is 0.355 e. The Balaban J connectivity index is 4.67. The van der Waals surface area contributed by atoms with Gasteiger partial charge in [0.05, 0.1) is 5.54 Å². The lowest BCUT2D eigenvalue weighted by molar-refractivity contribution is -0.129. The third-order valence-corrected chi connectivity index (χ3v) is 4.02. The summed E-state index contributed by atoms with van der Waals surface area (Å²) in [4.78, 5) is 12.4. The number of carbonyl (C=O) groups excluding carboxylic acids is 1. The van der Waals surface area contributed by atoms with Crippen LogP contribution in [0, 0.1) is 11.3 Å². The van der Waals surface area contributed by atoms with Crippen LogP contribution in [0.3, 0.4) is 0 Å². The number of rotatable bonds is 9. The number of hydrogen-bond acceptors (Lipinski definition) is 2. The van der Waals surface area contributed by atoms with E-state index < -0.39 is 5.54 Å². The zero-order valence-corrected chi connectivity index (χ0v) is 14.0. The van der Waals surface area contributed by atoms with E-state index in [9.17, 15) is 4.79 Å². The van der Waals surface area contributed by atoms with Gasteiger partial charge in [-0.15, -0.1) is 0 Å². The quantitative estimate of drug-likeness (QED) is 0.674.